The molecule has 3 heterocycles. The number of thioether (sulfide) groups is 1. The highest BCUT2D eigenvalue weighted by Crippen LogP contribution is 2.37. The second-order valence-electron chi connectivity index (χ2n) is 9.82. The number of anilines is 1. The van der Waals surface area contributed by atoms with Crippen molar-refractivity contribution in [1.29, 1.82) is 5.26 Å². The van der Waals surface area contributed by atoms with E-state index in [-0.39, 0.29) is 23.6 Å². The summed E-state index contributed by atoms with van der Waals surface area (Å²) in [5.74, 6) is 0.484. The van der Waals surface area contributed by atoms with Gasteiger partial charge in [-0.25, -0.2) is 0 Å². The molecule has 0 unspecified atom stereocenters. The molecule has 40 heavy (non-hydrogen) atoms. The summed E-state index contributed by atoms with van der Waals surface area (Å²) in [6, 6.07) is 19.8. The summed E-state index contributed by atoms with van der Waals surface area (Å²) in [6.45, 7) is 5.96. The summed E-state index contributed by atoms with van der Waals surface area (Å²) in [5, 5.41) is 10.4. The zero-order valence-electron chi connectivity index (χ0n) is 22.3. The van der Waals surface area contributed by atoms with E-state index in [9.17, 15) is 14.9 Å². The van der Waals surface area contributed by atoms with Gasteiger partial charge in [0.25, 0.3) is 11.5 Å². The highest BCUT2D eigenvalue weighted by molar-refractivity contribution is 8.26. The van der Waals surface area contributed by atoms with Crippen LogP contribution >= 0.6 is 35.6 Å². The Bertz CT molecular complexity index is 1600. The second kappa shape index (κ2) is 12.0. The van der Waals surface area contributed by atoms with E-state index >= 15 is 0 Å². The van der Waals surface area contributed by atoms with Gasteiger partial charge in [-0.05, 0) is 35.8 Å². The summed E-state index contributed by atoms with van der Waals surface area (Å²) in [5.41, 5.74) is 3.05. The number of thiocarbonyl (C=S) groups is 1. The summed E-state index contributed by atoms with van der Waals surface area (Å²) < 4.78 is 1.98. The van der Waals surface area contributed by atoms with Gasteiger partial charge in [0.15, 0.2) is 0 Å². The molecular formula is C30H28ClN5O2S2. The van der Waals surface area contributed by atoms with Gasteiger partial charge in [-0.1, -0.05) is 84.1 Å². The Kier molecular flexibility index (Phi) is 8.43. The molecule has 2 aliphatic heterocycles. The fourth-order valence-electron chi connectivity index (χ4n) is 5.12. The van der Waals surface area contributed by atoms with E-state index in [4.69, 9.17) is 23.8 Å². The molecule has 204 valence electrons. The normalized spacial score (nSPS) is 17.1. The summed E-state index contributed by atoms with van der Waals surface area (Å²) in [7, 11) is 1.69. The number of halogens is 1. The molecule has 0 atom stereocenters. The first-order valence-corrected chi connectivity index (χ1v) is 14.5. The summed E-state index contributed by atoms with van der Waals surface area (Å²) >= 11 is 13.1. The molecule has 1 aromatic heterocycles. The van der Waals surface area contributed by atoms with Gasteiger partial charge in [-0.15, -0.1) is 0 Å². The number of amides is 1. The van der Waals surface area contributed by atoms with E-state index in [2.05, 4.69) is 28.0 Å². The first kappa shape index (κ1) is 28.1. The maximum absolute atomic E-state index is 13.5. The molecule has 5 rings (SSSR count). The van der Waals surface area contributed by atoms with Gasteiger partial charge in [0.05, 0.1) is 11.4 Å². The lowest BCUT2D eigenvalue weighted by atomic mass is 10.0. The van der Waals surface area contributed by atoms with Gasteiger partial charge in [0.2, 0.25) is 0 Å². The van der Waals surface area contributed by atoms with Crippen LogP contribution in [0.3, 0.4) is 0 Å². The summed E-state index contributed by atoms with van der Waals surface area (Å²) in [4.78, 5) is 33.2. The van der Waals surface area contributed by atoms with E-state index in [0.29, 0.717) is 44.3 Å². The molecule has 2 fully saturated rings. The Labute approximate surface area is 248 Å². The molecule has 0 spiro atoms. The number of nitrogens with zero attached hydrogens (tertiary/aromatic N) is 5. The van der Waals surface area contributed by atoms with Gasteiger partial charge in [0, 0.05) is 50.4 Å². The van der Waals surface area contributed by atoms with Gasteiger partial charge in [0.1, 0.15) is 21.8 Å². The number of carbonyl (C=O) groups excluding carboxylic acids is 1. The minimum Gasteiger partial charge on any atom is -0.355 e. The van der Waals surface area contributed by atoms with Crippen LogP contribution in [0, 0.1) is 18.3 Å². The van der Waals surface area contributed by atoms with Crippen LogP contribution in [0.5, 0.6) is 0 Å². The van der Waals surface area contributed by atoms with Crippen LogP contribution in [-0.2, 0) is 24.9 Å². The number of nitriles is 1. The number of carbonyl (C=O) groups is 1. The Morgan fingerprint density at radius 3 is 2.38 bits per heavy atom. The van der Waals surface area contributed by atoms with Crippen molar-refractivity contribution in [2.45, 2.75) is 20.0 Å². The van der Waals surface area contributed by atoms with Crippen molar-refractivity contribution in [3.8, 4) is 6.07 Å². The third-order valence-corrected chi connectivity index (χ3v) is 9.07. The van der Waals surface area contributed by atoms with E-state index in [1.165, 1.54) is 26.8 Å². The topological polar surface area (TPSA) is 72.6 Å². The maximum Gasteiger partial charge on any atom is 0.270 e. The molecule has 2 aromatic carbocycles. The van der Waals surface area contributed by atoms with Gasteiger partial charge in [-0.2, -0.15) is 5.26 Å². The predicted octanol–water partition coefficient (Wildman–Crippen LogP) is 4.94. The Balaban J connectivity index is 1.46. The minimum absolute atomic E-state index is 0.0757. The second-order valence-corrected chi connectivity index (χ2v) is 11.9. The predicted molar refractivity (Wildman–Crippen MR) is 165 cm³/mol. The zero-order chi connectivity index (χ0) is 28.4. The fraction of sp³-hybridized carbons (Fsp3) is 0.267. The zero-order valence-corrected chi connectivity index (χ0v) is 24.7. The molecule has 0 bridgehead atoms. The number of rotatable bonds is 6. The molecule has 0 aliphatic carbocycles. The number of benzene rings is 2. The van der Waals surface area contributed by atoms with Crippen molar-refractivity contribution in [1.82, 2.24) is 14.4 Å². The third-order valence-electron chi connectivity index (χ3n) is 7.32. The monoisotopic (exact) mass is 589 g/mol. The molecule has 1 amide bonds. The van der Waals surface area contributed by atoms with Gasteiger partial charge >= 0.3 is 0 Å². The van der Waals surface area contributed by atoms with Crippen molar-refractivity contribution >= 4 is 57.7 Å². The standard InChI is InChI=1S/C30H28ClN5O2S2/c1-20-23(16-26-29(38)36(30(39)40-26)19-22-10-6-7-11-25(22)31)27(33(2)28(37)24(20)17-32)35-14-12-34(13-15-35)18-21-8-4-3-5-9-21/h3-11,16H,12-15,18-19H2,1-2H3. The average molecular weight is 590 g/mol. The number of piperazine rings is 1. The van der Waals surface area contributed by atoms with Gasteiger partial charge < -0.3 is 4.90 Å². The van der Waals surface area contributed by atoms with E-state index in [0.717, 1.165) is 25.2 Å². The van der Waals surface area contributed by atoms with Crippen LogP contribution < -0.4 is 10.5 Å². The number of pyridine rings is 1. The molecule has 0 radical (unpaired) electrons. The maximum atomic E-state index is 13.5. The fourth-order valence-corrected chi connectivity index (χ4v) is 6.55. The lowest BCUT2D eigenvalue weighted by molar-refractivity contribution is -0.122. The number of hydrogen-bond donors (Lipinski definition) is 0. The lowest BCUT2D eigenvalue weighted by Gasteiger charge is -2.37. The molecule has 2 saturated heterocycles. The van der Waals surface area contributed by atoms with Crippen LogP contribution in [0.15, 0.2) is 64.3 Å². The quantitative estimate of drug-likeness (QED) is 0.298. The molecule has 2 aliphatic rings. The molecule has 3 aromatic rings. The smallest absolute Gasteiger partial charge is 0.270 e. The average Bonchev–Trinajstić information content (AvgIpc) is 3.22. The highest BCUT2D eigenvalue weighted by Gasteiger charge is 2.34. The molecule has 10 heteroatoms. The van der Waals surface area contributed by atoms with Crippen molar-refractivity contribution in [2.75, 3.05) is 31.1 Å². The third kappa shape index (κ3) is 5.58. The highest BCUT2D eigenvalue weighted by atomic mass is 35.5. The lowest BCUT2D eigenvalue weighted by Crippen LogP contribution is -2.48. The SMILES string of the molecule is Cc1c(C=C2SC(=S)N(Cc3ccccc3Cl)C2=O)c(N2CCN(Cc3ccccc3)CC2)n(C)c(=O)c1C#N. The van der Waals surface area contributed by atoms with Crippen LogP contribution in [0.25, 0.3) is 6.08 Å². The number of hydrogen-bond acceptors (Lipinski definition) is 7. The van der Waals surface area contributed by atoms with Crippen molar-refractivity contribution in [3.05, 3.63) is 103 Å². The van der Waals surface area contributed by atoms with Crippen LogP contribution in [-0.4, -0.2) is 50.8 Å². The molecule has 0 saturated carbocycles. The summed E-state index contributed by atoms with van der Waals surface area (Å²) in [6.07, 6.45) is 1.78. The number of aromatic nitrogens is 1. The van der Waals surface area contributed by atoms with Crippen molar-refractivity contribution in [2.24, 2.45) is 7.05 Å². The molecule has 7 nitrogen and oxygen atoms in total. The van der Waals surface area contributed by atoms with E-state index in [1.807, 2.05) is 36.4 Å². The van der Waals surface area contributed by atoms with E-state index < -0.39 is 0 Å². The largest absolute Gasteiger partial charge is 0.355 e. The molecule has 0 N–H and O–H groups in total. The van der Waals surface area contributed by atoms with E-state index in [1.54, 1.807) is 26.1 Å². The molecular weight excluding hydrogens is 562 g/mol. The van der Waals surface area contributed by atoms with Crippen LogP contribution in [0.2, 0.25) is 5.02 Å². The van der Waals surface area contributed by atoms with Crippen LogP contribution in [0.1, 0.15) is 27.8 Å². The van der Waals surface area contributed by atoms with Gasteiger partial charge in [-0.3, -0.25) is 24.0 Å². The van der Waals surface area contributed by atoms with Crippen molar-refractivity contribution < 1.29 is 4.79 Å². The Morgan fingerprint density at radius 1 is 1.02 bits per heavy atom. The van der Waals surface area contributed by atoms with Crippen LogP contribution in [0.4, 0.5) is 5.82 Å². The Morgan fingerprint density at radius 2 is 1.70 bits per heavy atom. The first-order valence-electron chi connectivity index (χ1n) is 12.9. The first-order chi connectivity index (χ1) is 19.3. The van der Waals surface area contributed by atoms with Crippen molar-refractivity contribution in [3.63, 3.8) is 0 Å². The Hall–Kier alpha value is -3.42. The minimum atomic E-state index is -0.342.